The Morgan fingerprint density at radius 1 is 1.60 bits per heavy atom. The molecule has 5 nitrogen and oxygen atoms in total. The number of imidazole rings is 1. The van der Waals surface area contributed by atoms with Crippen LogP contribution in [0.4, 0.5) is 0 Å². The molecule has 6 heteroatoms. The van der Waals surface area contributed by atoms with E-state index in [0.29, 0.717) is 15.9 Å². The molecule has 78 valence electrons. The molecule has 2 N–H and O–H groups in total. The summed E-state index contributed by atoms with van der Waals surface area (Å²) in [6, 6.07) is 3.15. The van der Waals surface area contributed by atoms with Gasteiger partial charge >= 0.3 is 5.97 Å². The third-order valence-electron chi connectivity index (χ3n) is 1.98. The summed E-state index contributed by atoms with van der Waals surface area (Å²) in [7, 11) is 0. The molecular formula is C9H7BrN2O3. The fraction of sp³-hybridized carbons (Fsp3) is 0.111. The van der Waals surface area contributed by atoms with Crippen LogP contribution in [-0.2, 0) is 11.2 Å². The van der Waals surface area contributed by atoms with Crippen molar-refractivity contribution in [2.75, 3.05) is 0 Å². The van der Waals surface area contributed by atoms with Crippen LogP contribution in [0.1, 0.15) is 5.82 Å². The number of nitrogens with zero attached hydrogens (tertiary/aromatic N) is 2. The van der Waals surface area contributed by atoms with E-state index in [2.05, 4.69) is 20.9 Å². The third kappa shape index (κ3) is 1.68. The Morgan fingerprint density at radius 3 is 3.00 bits per heavy atom. The SMILES string of the molecule is O=C(O)Cc1nc(Br)c2c(O)cccn12. The quantitative estimate of drug-likeness (QED) is 0.866. The van der Waals surface area contributed by atoms with Crippen molar-refractivity contribution in [1.29, 1.82) is 0 Å². The van der Waals surface area contributed by atoms with E-state index in [1.54, 1.807) is 16.7 Å². The van der Waals surface area contributed by atoms with Crippen molar-refractivity contribution in [3.8, 4) is 5.75 Å². The summed E-state index contributed by atoms with van der Waals surface area (Å²) >= 11 is 3.17. The van der Waals surface area contributed by atoms with Gasteiger partial charge in [0.15, 0.2) is 0 Å². The van der Waals surface area contributed by atoms with Gasteiger partial charge in [-0.15, -0.1) is 0 Å². The van der Waals surface area contributed by atoms with Crippen molar-refractivity contribution < 1.29 is 15.0 Å². The van der Waals surface area contributed by atoms with E-state index in [9.17, 15) is 9.90 Å². The maximum absolute atomic E-state index is 10.6. The van der Waals surface area contributed by atoms with Gasteiger partial charge in [-0.2, -0.15) is 0 Å². The molecule has 0 aromatic carbocycles. The Labute approximate surface area is 93.1 Å². The minimum atomic E-state index is -0.960. The molecule has 15 heavy (non-hydrogen) atoms. The van der Waals surface area contributed by atoms with Crippen LogP contribution < -0.4 is 0 Å². The topological polar surface area (TPSA) is 74.8 Å². The molecule has 0 unspecified atom stereocenters. The van der Waals surface area contributed by atoms with Gasteiger partial charge in [0.1, 0.15) is 28.1 Å². The van der Waals surface area contributed by atoms with Gasteiger partial charge in [0.05, 0.1) is 0 Å². The van der Waals surface area contributed by atoms with E-state index < -0.39 is 5.97 Å². The van der Waals surface area contributed by atoms with Gasteiger partial charge in [0, 0.05) is 6.20 Å². The highest BCUT2D eigenvalue weighted by atomic mass is 79.9. The van der Waals surface area contributed by atoms with Crippen LogP contribution in [0.5, 0.6) is 5.75 Å². The molecule has 2 rings (SSSR count). The van der Waals surface area contributed by atoms with Gasteiger partial charge in [-0.25, -0.2) is 4.98 Å². The fourth-order valence-electron chi connectivity index (χ4n) is 1.40. The summed E-state index contributed by atoms with van der Waals surface area (Å²) in [6.45, 7) is 0. The fourth-order valence-corrected chi connectivity index (χ4v) is 2.00. The molecule has 0 amide bonds. The molecule has 0 spiro atoms. The van der Waals surface area contributed by atoms with Crippen LogP contribution in [0.3, 0.4) is 0 Å². The van der Waals surface area contributed by atoms with Gasteiger partial charge in [-0.1, -0.05) is 0 Å². The molecule has 2 aromatic rings. The lowest BCUT2D eigenvalue weighted by Gasteiger charge is -1.99. The van der Waals surface area contributed by atoms with Gasteiger partial charge in [0.25, 0.3) is 0 Å². The molecule has 0 saturated heterocycles. The zero-order valence-corrected chi connectivity index (χ0v) is 9.10. The first-order valence-electron chi connectivity index (χ1n) is 4.16. The highest BCUT2D eigenvalue weighted by Gasteiger charge is 2.14. The standard InChI is InChI=1S/C9H7BrN2O3/c10-9-8-5(13)2-1-3-12(8)6(11-9)4-7(14)15/h1-3,13H,4H2,(H,14,15). The number of pyridine rings is 1. The molecule has 2 heterocycles. The number of hydrogen-bond acceptors (Lipinski definition) is 3. The van der Waals surface area contributed by atoms with Gasteiger partial charge in [-0.3, -0.25) is 9.20 Å². The number of fused-ring (bicyclic) bond motifs is 1. The second-order valence-electron chi connectivity index (χ2n) is 3.00. The van der Waals surface area contributed by atoms with E-state index in [-0.39, 0.29) is 12.2 Å². The first-order chi connectivity index (χ1) is 7.09. The van der Waals surface area contributed by atoms with E-state index in [1.165, 1.54) is 6.07 Å². The molecule has 0 radical (unpaired) electrons. The third-order valence-corrected chi connectivity index (χ3v) is 2.54. The summed E-state index contributed by atoms with van der Waals surface area (Å²) in [6.07, 6.45) is 1.47. The number of carbonyl (C=O) groups is 1. The predicted octanol–water partition coefficient (Wildman–Crippen LogP) is 1.43. The molecular weight excluding hydrogens is 264 g/mol. The number of carboxylic acid groups (broad SMARTS) is 1. The van der Waals surface area contributed by atoms with Crippen molar-refractivity contribution in [2.24, 2.45) is 0 Å². The summed E-state index contributed by atoms with van der Waals surface area (Å²) in [5.74, 6) is -0.522. The van der Waals surface area contributed by atoms with Gasteiger partial charge < -0.3 is 10.2 Å². The minimum absolute atomic E-state index is 0.0634. The average molecular weight is 271 g/mol. The normalized spacial score (nSPS) is 10.7. The average Bonchev–Trinajstić information content (AvgIpc) is 2.44. The van der Waals surface area contributed by atoms with Gasteiger partial charge in [0.2, 0.25) is 0 Å². The number of hydrogen-bond donors (Lipinski definition) is 2. The monoisotopic (exact) mass is 270 g/mol. The lowest BCUT2D eigenvalue weighted by atomic mass is 10.3. The molecule has 0 aliphatic carbocycles. The van der Waals surface area contributed by atoms with Crippen LogP contribution in [0.25, 0.3) is 5.52 Å². The van der Waals surface area contributed by atoms with Crippen molar-refractivity contribution in [3.05, 3.63) is 28.8 Å². The Morgan fingerprint density at radius 2 is 2.33 bits per heavy atom. The summed E-state index contributed by atoms with van der Waals surface area (Å²) in [4.78, 5) is 14.6. The Hall–Kier alpha value is -1.56. The smallest absolute Gasteiger partial charge is 0.311 e. The number of aliphatic carboxylic acids is 1. The lowest BCUT2D eigenvalue weighted by molar-refractivity contribution is -0.136. The maximum Gasteiger partial charge on any atom is 0.311 e. The van der Waals surface area contributed by atoms with Crippen LogP contribution in [0.15, 0.2) is 22.9 Å². The second-order valence-corrected chi connectivity index (χ2v) is 3.75. The van der Waals surface area contributed by atoms with Crippen molar-refractivity contribution >= 4 is 27.4 Å². The molecule has 0 aliphatic rings. The first-order valence-corrected chi connectivity index (χ1v) is 4.95. The number of rotatable bonds is 2. The largest absolute Gasteiger partial charge is 0.506 e. The van der Waals surface area contributed by atoms with Crippen LogP contribution >= 0.6 is 15.9 Å². The van der Waals surface area contributed by atoms with Crippen LogP contribution in [0.2, 0.25) is 0 Å². The Kier molecular flexibility index (Phi) is 2.36. The Bertz CT molecular complexity index is 535. The van der Waals surface area contributed by atoms with Crippen molar-refractivity contribution in [2.45, 2.75) is 6.42 Å². The predicted molar refractivity (Wildman–Crippen MR) is 55.9 cm³/mol. The molecule has 0 bridgehead atoms. The zero-order chi connectivity index (χ0) is 11.0. The van der Waals surface area contributed by atoms with Gasteiger partial charge in [-0.05, 0) is 28.1 Å². The summed E-state index contributed by atoms with van der Waals surface area (Å²) in [5, 5.41) is 18.2. The summed E-state index contributed by atoms with van der Waals surface area (Å²) in [5.41, 5.74) is 0.480. The maximum atomic E-state index is 10.6. The number of carboxylic acids is 1. The van der Waals surface area contributed by atoms with Crippen LogP contribution in [-0.4, -0.2) is 25.6 Å². The molecule has 2 aromatic heterocycles. The zero-order valence-electron chi connectivity index (χ0n) is 7.51. The summed E-state index contributed by atoms with van der Waals surface area (Å²) < 4.78 is 1.99. The van der Waals surface area contributed by atoms with E-state index in [1.807, 2.05) is 0 Å². The van der Waals surface area contributed by atoms with Crippen molar-refractivity contribution in [3.63, 3.8) is 0 Å². The second kappa shape index (κ2) is 3.54. The number of halogens is 1. The number of aromatic nitrogens is 2. The van der Waals surface area contributed by atoms with E-state index >= 15 is 0 Å². The van der Waals surface area contributed by atoms with E-state index in [0.717, 1.165) is 0 Å². The van der Waals surface area contributed by atoms with Crippen LogP contribution in [0, 0.1) is 0 Å². The van der Waals surface area contributed by atoms with Crippen molar-refractivity contribution in [1.82, 2.24) is 9.38 Å². The van der Waals surface area contributed by atoms with E-state index in [4.69, 9.17) is 5.11 Å². The molecule has 0 fully saturated rings. The first kappa shape index (κ1) is 9.97. The minimum Gasteiger partial charge on any atom is -0.506 e. The molecule has 0 aliphatic heterocycles. The highest BCUT2D eigenvalue weighted by molar-refractivity contribution is 9.10. The molecule has 0 saturated carbocycles. The highest BCUT2D eigenvalue weighted by Crippen LogP contribution is 2.27. The lowest BCUT2D eigenvalue weighted by Crippen LogP contribution is -2.04. The number of aromatic hydroxyl groups is 1. The molecule has 0 atom stereocenters. The Balaban J connectivity index is 2.68.